The normalized spacial score (nSPS) is 11.2. The summed E-state index contributed by atoms with van der Waals surface area (Å²) in [7, 11) is 0. The third-order valence-corrected chi connectivity index (χ3v) is 3.29. The number of rotatable bonds is 5. The van der Waals surface area contributed by atoms with Crippen LogP contribution in [0, 0.1) is 0 Å². The van der Waals surface area contributed by atoms with Gasteiger partial charge in [0.2, 0.25) is 0 Å². The molecule has 0 aliphatic heterocycles. The van der Waals surface area contributed by atoms with Gasteiger partial charge in [0.1, 0.15) is 10.4 Å². The van der Waals surface area contributed by atoms with E-state index in [4.69, 9.17) is 5.11 Å². The van der Waals surface area contributed by atoms with Crippen molar-refractivity contribution >= 4 is 33.4 Å². The second kappa shape index (κ2) is 5.56. The van der Waals surface area contributed by atoms with E-state index < -0.39 is 5.97 Å². The first kappa shape index (κ1) is 13.8. The van der Waals surface area contributed by atoms with Crippen LogP contribution in [-0.4, -0.2) is 31.7 Å². The fourth-order valence-corrected chi connectivity index (χ4v) is 2.26. The number of aryl methyl sites for hydroxylation is 1. The largest absolute Gasteiger partial charge is 0.481 e. The van der Waals surface area contributed by atoms with E-state index in [-0.39, 0.29) is 6.42 Å². The predicted octanol–water partition coefficient (Wildman–Crippen LogP) is 2.33. The molecule has 0 aliphatic carbocycles. The van der Waals surface area contributed by atoms with E-state index in [0.29, 0.717) is 28.4 Å². The van der Waals surface area contributed by atoms with Gasteiger partial charge >= 0.3 is 5.97 Å². The van der Waals surface area contributed by atoms with Crippen molar-refractivity contribution < 1.29 is 9.90 Å². The Kier molecular flexibility index (Phi) is 4.04. The van der Waals surface area contributed by atoms with Crippen molar-refractivity contribution in [1.29, 1.82) is 0 Å². The third-order valence-electron chi connectivity index (χ3n) is 2.50. The number of carboxylic acids is 1. The van der Waals surface area contributed by atoms with Crippen molar-refractivity contribution in [2.45, 2.75) is 32.7 Å². The summed E-state index contributed by atoms with van der Waals surface area (Å²) in [6.07, 6.45) is 0.436. The Morgan fingerprint density at radius 3 is 2.89 bits per heavy atom. The summed E-state index contributed by atoms with van der Waals surface area (Å²) < 4.78 is 2.37. The number of carbonyl (C=O) groups is 1. The van der Waals surface area contributed by atoms with Gasteiger partial charge in [-0.25, -0.2) is 9.50 Å². The second-order valence-corrected chi connectivity index (χ2v) is 5.28. The quantitative estimate of drug-likeness (QED) is 0.881. The van der Waals surface area contributed by atoms with E-state index in [9.17, 15) is 4.79 Å². The van der Waals surface area contributed by atoms with Crippen LogP contribution in [-0.2, 0) is 11.2 Å². The number of hydrogen-bond donors (Lipinski definition) is 2. The molecule has 2 heterocycles. The number of anilines is 1. The predicted molar refractivity (Wildman–Crippen MR) is 75.4 cm³/mol. The second-order valence-electron chi connectivity index (χ2n) is 4.53. The van der Waals surface area contributed by atoms with Crippen LogP contribution in [0.1, 0.15) is 26.0 Å². The zero-order valence-corrected chi connectivity index (χ0v) is 12.3. The number of nitrogens with one attached hydrogen (secondary N) is 1. The van der Waals surface area contributed by atoms with Crippen LogP contribution in [0.2, 0.25) is 0 Å². The van der Waals surface area contributed by atoms with Crippen LogP contribution in [0.3, 0.4) is 0 Å². The molecule has 0 spiro atoms. The Hall–Kier alpha value is -1.63. The molecule has 102 valence electrons. The van der Waals surface area contributed by atoms with Gasteiger partial charge in [-0.2, -0.15) is 0 Å². The van der Waals surface area contributed by atoms with Crippen LogP contribution >= 0.6 is 15.9 Å². The Morgan fingerprint density at radius 2 is 2.26 bits per heavy atom. The standard InChI is InChI=1S/C12H15BrN4O2/c1-7(2)14-9-4-5-10-15-8(3-6-11(18)19)12(13)17(10)16-9/h4-5,7H,3,6H2,1-2H3,(H,14,16)(H,18,19). The molecule has 0 radical (unpaired) electrons. The molecule has 7 heteroatoms. The summed E-state index contributed by atoms with van der Waals surface area (Å²) in [5, 5.41) is 16.3. The highest BCUT2D eigenvalue weighted by Crippen LogP contribution is 2.20. The molecular formula is C12H15BrN4O2. The SMILES string of the molecule is CC(C)Nc1ccc2nc(CCC(=O)O)c(Br)n2n1. The zero-order chi connectivity index (χ0) is 14.0. The molecule has 0 amide bonds. The third kappa shape index (κ3) is 3.23. The maximum atomic E-state index is 10.6. The molecule has 6 nitrogen and oxygen atoms in total. The van der Waals surface area contributed by atoms with Crippen molar-refractivity contribution in [1.82, 2.24) is 14.6 Å². The summed E-state index contributed by atoms with van der Waals surface area (Å²) in [5.74, 6) is -0.0792. The number of halogens is 1. The number of nitrogens with zero attached hydrogens (tertiary/aromatic N) is 3. The molecule has 0 aliphatic rings. The van der Waals surface area contributed by atoms with Gasteiger partial charge in [0, 0.05) is 12.5 Å². The zero-order valence-electron chi connectivity index (χ0n) is 10.7. The van der Waals surface area contributed by atoms with Crippen molar-refractivity contribution in [3.8, 4) is 0 Å². The summed E-state index contributed by atoms with van der Waals surface area (Å²) >= 11 is 3.42. The number of fused-ring (bicyclic) bond motifs is 1. The van der Waals surface area contributed by atoms with Crippen LogP contribution in [0.5, 0.6) is 0 Å². The van der Waals surface area contributed by atoms with Gasteiger partial charge in [-0.05, 0) is 41.9 Å². The minimum Gasteiger partial charge on any atom is -0.481 e. The van der Waals surface area contributed by atoms with Crippen LogP contribution < -0.4 is 5.32 Å². The molecule has 2 rings (SSSR count). The molecule has 0 saturated heterocycles. The lowest BCUT2D eigenvalue weighted by Crippen LogP contribution is -2.12. The molecule has 0 bridgehead atoms. The van der Waals surface area contributed by atoms with Gasteiger partial charge in [0.05, 0.1) is 12.1 Å². The minimum absolute atomic E-state index is 0.0551. The van der Waals surface area contributed by atoms with Gasteiger partial charge < -0.3 is 10.4 Å². The lowest BCUT2D eigenvalue weighted by Gasteiger charge is -2.08. The van der Waals surface area contributed by atoms with Gasteiger partial charge in [0.25, 0.3) is 0 Å². The maximum absolute atomic E-state index is 10.6. The van der Waals surface area contributed by atoms with Crippen molar-refractivity contribution in [2.75, 3.05) is 5.32 Å². The molecule has 2 aromatic rings. The van der Waals surface area contributed by atoms with E-state index >= 15 is 0 Å². The molecule has 0 unspecified atom stereocenters. The van der Waals surface area contributed by atoms with E-state index in [0.717, 1.165) is 5.82 Å². The Bertz CT molecular complexity index is 609. The Balaban J connectivity index is 2.32. The number of aliphatic carboxylic acids is 1. The number of imidazole rings is 1. The molecule has 0 saturated carbocycles. The van der Waals surface area contributed by atoms with E-state index in [2.05, 4.69) is 31.3 Å². The average molecular weight is 327 g/mol. The first-order valence-electron chi connectivity index (χ1n) is 6.00. The summed E-state index contributed by atoms with van der Waals surface area (Å²) in [4.78, 5) is 15.0. The summed E-state index contributed by atoms with van der Waals surface area (Å²) in [5.41, 5.74) is 1.40. The number of hydrogen-bond acceptors (Lipinski definition) is 4. The van der Waals surface area contributed by atoms with Gasteiger partial charge in [-0.1, -0.05) is 0 Å². The molecule has 0 aromatic carbocycles. The van der Waals surface area contributed by atoms with E-state index in [1.54, 1.807) is 4.52 Å². The Labute approximate surface area is 119 Å². The van der Waals surface area contributed by atoms with Gasteiger partial charge in [0.15, 0.2) is 5.65 Å². The minimum atomic E-state index is -0.834. The topological polar surface area (TPSA) is 79.5 Å². The van der Waals surface area contributed by atoms with Crippen molar-refractivity contribution in [2.24, 2.45) is 0 Å². The van der Waals surface area contributed by atoms with E-state index in [1.165, 1.54) is 0 Å². The summed E-state index contributed by atoms with van der Waals surface area (Å²) in [6.45, 7) is 4.07. The molecule has 19 heavy (non-hydrogen) atoms. The molecule has 0 fully saturated rings. The first-order valence-corrected chi connectivity index (χ1v) is 6.79. The van der Waals surface area contributed by atoms with E-state index in [1.807, 2.05) is 26.0 Å². The maximum Gasteiger partial charge on any atom is 0.303 e. The number of carboxylic acid groups (broad SMARTS) is 1. The first-order chi connectivity index (χ1) is 8.97. The fourth-order valence-electron chi connectivity index (χ4n) is 1.71. The van der Waals surface area contributed by atoms with Crippen LogP contribution in [0.25, 0.3) is 5.65 Å². The highest BCUT2D eigenvalue weighted by molar-refractivity contribution is 9.10. The van der Waals surface area contributed by atoms with Crippen molar-refractivity contribution in [3.63, 3.8) is 0 Å². The summed E-state index contributed by atoms with van der Waals surface area (Å²) in [6, 6.07) is 4.00. The molecule has 2 N–H and O–H groups in total. The van der Waals surface area contributed by atoms with Crippen molar-refractivity contribution in [3.05, 3.63) is 22.4 Å². The van der Waals surface area contributed by atoms with Crippen LogP contribution in [0.4, 0.5) is 5.82 Å². The lowest BCUT2D eigenvalue weighted by atomic mass is 10.2. The van der Waals surface area contributed by atoms with Gasteiger partial charge in [-0.15, -0.1) is 5.10 Å². The monoisotopic (exact) mass is 326 g/mol. The lowest BCUT2D eigenvalue weighted by molar-refractivity contribution is -0.136. The average Bonchev–Trinajstić information content (AvgIpc) is 2.63. The Morgan fingerprint density at radius 1 is 1.53 bits per heavy atom. The highest BCUT2D eigenvalue weighted by atomic mass is 79.9. The highest BCUT2D eigenvalue weighted by Gasteiger charge is 2.12. The molecule has 2 aromatic heterocycles. The fraction of sp³-hybridized carbons (Fsp3) is 0.417. The molecule has 0 atom stereocenters. The number of aromatic nitrogens is 3. The molecular weight excluding hydrogens is 312 g/mol. The van der Waals surface area contributed by atoms with Gasteiger partial charge in [-0.3, -0.25) is 4.79 Å². The smallest absolute Gasteiger partial charge is 0.303 e. The van der Waals surface area contributed by atoms with Crippen LogP contribution in [0.15, 0.2) is 16.7 Å².